The number of aromatic nitrogens is 2. The minimum atomic E-state index is 0. The summed E-state index contributed by atoms with van der Waals surface area (Å²) < 4.78 is 7.54. The molecule has 2 N–H and O–H groups in total. The maximum atomic E-state index is 5.59. The number of halogens is 1. The molecule has 0 radical (unpaired) electrons. The van der Waals surface area contributed by atoms with Crippen LogP contribution in [-0.2, 0) is 26.3 Å². The molecule has 0 saturated carbocycles. The van der Waals surface area contributed by atoms with Crippen LogP contribution in [0.25, 0.3) is 0 Å². The van der Waals surface area contributed by atoms with Crippen LogP contribution in [0.5, 0.6) is 5.75 Å². The number of aliphatic imine (C=N–C) groups is 1. The molecule has 2 aromatic rings. The molecule has 1 aromatic heterocycles. The Morgan fingerprint density at radius 2 is 2.14 bits per heavy atom. The Kier molecular flexibility index (Phi) is 8.79. The standard InChI is InChI=1S/C22H33N5O.HI/c1-6-23-22(25-15(2)13-20-16(3)26-27(5)17(20)4)24-11-9-18-7-8-21-19(14-18)10-12-28-21;/h7-8,14-15H,6,9-13H2,1-5H3,(H2,23,24,25);1H. The second-order valence-electron chi connectivity index (χ2n) is 7.57. The number of guanidine groups is 1. The third kappa shape index (κ3) is 6.10. The molecule has 1 aliphatic heterocycles. The van der Waals surface area contributed by atoms with E-state index in [2.05, 4.69) is 61.6 Å². The second kappa shape index (κ2) is 10.8. The molecule has 0 bridgehead atoms. The van der Waals surface area contributed by atoms with E-state index in [0.717, 1.165) is 56.4 Å². The minimum Gasteiger partial charge on any atom is -0.493 e. The number of aryl methyl sites for hydroxylation is 2. The molecule has 160 valence electrons. The highest BCUT2D eigenvalue weighted by Gasteiger charge is 2.14. The quantitative estimate of drug-likeness (QED) is 0.340. The van der Waals surface area contributed by atoms with Crippen molar-refractivity contribution in [2.45, 2.75) is 53.0 Å². The summed E-state index contributed by atoms with van der Waals surface area (Å²) in [5.74, 6) is 1.91. The highest BCUT2D eigenvalue weighted by molar-refractivity contribution is 14.0. The van der Waals surface area contributed by atoms with Gasteiger partial charge in [0.2, 0.25) is 0 Å². The third-order valence-corrected chi connectivity index (χ3v) is 5.32. The topological polar surface area (TPSA) is 63.5 Å². The van der Waals surface area contributed by atoms with Gasteiger partial charge in [-0.15, -0.1) is 24.0 Å². The summed E-state index contributed by atoms with van der Waals surface area (Å²) in [6.45, 7) is 10.9. The molecule has 0 fully saturated rings. The maximum absolute atomic E-state index is 5.59. The molecular formula is C22H34IN5O. The number of ether oxygens (including phenoxy) is 1. The van der Waals surface area contributed by atoms with Crippen LogP contribution in [0.3, 0.4) is 0 Å². The van der Waals surface area contributed by atoms with Crippen LogP contribution in [0.2, 0.25) is 0 Å². The fourth-order valence-electron chi connectivity index (χ4n) is 3.72. The molecular weight excluding hydrogens is 477 g/mol. The smallest absolute Gasteiger partial charge is 0.191 e. The average Bonchev–Trinajstić information content (AvgIpc) is 3.21. The fourth-order valence-corrected chi connectivity index (χ4v) is 3.72. The van der Waals surface area contributed by atoms with Crippen molar-refractivity contribution >= 4 is 29.9 Å². The molecule has 7 heteroatoms. The Balaban J connectivity index is 0.00000300. The molecule has 1 atom stereocenters. The van der Waals surface area contributed by atoms with Gasteiger partial charge in [-0.2, -0.15) is 5.10 Å². The molecule has 0 amide bonds. The lowest BCUT2D eigenvalue weighted by Gasteiger charge is -2.18. The summed E-state index contributed by atoms with van der Waals surface area (Å²) in [7, 11) is 2.00. The van der Waals surface area contributed by atoms with Gasteiger partial charge in [0.1, 0.15) is 5.75 Å². The number of hydrogen-bond donors (Lipinski definition) is 2. The predicted molar refractivity (Wildman–Crippen MR) is 130 cm³/mol. The average molecular weight is 511 g/mol. The van der Waals surface area contributed by atoms with Gasteiger partial charge in [-0.05, 0) is 63.3 Å². The predicted octanol–water partition coefficient (Wildman–Crippen LogP) is 3.32. The van der Waals surface area contributed by atoms with Crippen molar-refractivity contribution in [2.75, 3.05) is 19.7 Å². The zero-order valence-electron chi connectivity index (χ0n) is 18.2. The lowest BCUT2D eigenvalue weighted by atomic mass is 10.1. The van der Waals surface area contributed by atoms with Crippen molar-refractivity contribution in [1.29, 1.82) is 0 Å². The summed E-state index contributed by atoms with van der Waals surface area (Å²) in [4.78, 5) is 4.78. The summed E-state index contributed by atoms with van der Waals surface area (Å²) >= 11 is 0. The van der Waals surface area contributed by atoms with Crippen LogP contribution in [0.1, 0.15) is 41.9 Å². The van der Waals surface area contributed by atoms with Gasteiger partial charge >= 0.3 is 0 Å². The van der Waals surface area contributed by atoms with Gasteiger partial charge in [-0.1, -0.05) is 12.1 Å². The largest absolute Gasteiger partial charge is 0.493 e. The van der Waals surface area contributed by atoms with E-state index in [1.165, 1.54) is 22.4 Å². The summed E-state index contributed by atoms with van der Waals surface area (Å²) in [5.41, 5.74) is 6.30. The van der Waals surface area contributed by atoms with Crippen molar-refractivity contribution in [3.8, 4) is 5.75 Å². The Morgan fingerprint density at radius 3 is 2.83 bits per heavy atom. The van der Waals surface area contributed by atoms with Crippen molar-refractivity contribution in [3.05, 3.63) is 46.3 Å². The first-order valence-corrected chi connectivity index (χ1v) is 10.3. The van der Waals surface area contributed by atoms with Crippen LogP contribution in [0.15, 0.2) is 23.2 Å². The first kappa shape index (κ1) is 23.5. The number of hydrogen-bond acceptors (Lipinski definition) is 3. The number of rotatable bonds is 7. The van der Waals surface area contributed by atoms with E-state index in [1.54, 1.807) is 0 Å². The van der Waals surface area contributed by atoms with Crippen molar-refractivity contribution < 1.29 is 4.74 Å². The zero-order chi connectivity index (χ0) is 20.1. The van der Waals surface area contributed by atoms with Crippen LogP contribution < -0.4 is 15.4 Å². The molecule has 0 aliphatic carbocycles. The van der Waals surface area contributed by atoms with E-state index in [4.69, 9.17) is 9.73 Å². The van der Waals surface area contributed by atoms with Gasteiger partial charge in [0.25, 0.3) is 0 Å². The first-order chi connectivity index (χ1) is 13.5. The summed E-state index contributed by atoms with van der Waals surface area (Å²) in [5, 5.41) is 11.4. The van der Waals surface area contributed by atoms with E-state index in [1.807, 2.05) is 11.7 Å². The number of benzene rings is 1. The Morgan fingerprint density at radius 1 is 1.34 bits per heavy atom. The van der Waals surface area contributed by atoms with E-state index in [-0.39, 0.29) is 30.0 Å². The SMILES string of the molecule is CCNC(=NCCc1ccc2c(c1)CCO2)NC(C)Cc1c(C)nn(C)c1C.I. The minimum absolute atomic E-state index is 0. The van der Waals surface area contributed by atoms with Gasteiger partial charge in [-0.25, -0.2) is 0 Å². The number of fused-ring (bicyclic) bond motifs is 1. The monoisotopic (exact) mass is 511 g/mol. The van der Waals surface area contributed by atoms with Gasteiger partial charge in [0.05, 0.1) is 12.3 Å². The third-order valence-electron chi connectivity index (χ3n) is 5.32. The van der Waals surface area contributed by atoms with Crippen molar-refractivity contribution in [2.24, 2.45) is 12.0 Å². The van der Waals surface area contributed by atoms with Crippen LogP contribution in [-0.4, -0.2) is 41.5 Å². The van der Waals surface area contributed by atoms with E-state index < -0.39 is 0 Å². The molecule has 6 nitrogen and oxygen atoms in total. The maximum Gasteiger partial charge on any atom is 0.191 e. The van der Waals surface area contributed by atoms with Gasteiger partial charge < -0.3 is 15.4 Å². The summed E-state index contributed by atoms with van der Waals surface area (Å²) in [6.07, 6.45) is 2.88. The highest BCUT2D eigenvalue weighted by Crippen LogP contribution is 2.25. The summed E-state index contributed by atoms with van der Waals surface area (Å²) in [6, 6.07) is 6.77. The Labute approximate surface area is 191 Å². The van der Waals surface area contributed by atoms with Gasteiger partial charge in [0, 0.05) is 38.3 Å². The van der Waals surface area contributed by atoms with Crippen molar-refractivity contribution in [3.63, 3.8) is 0 Å². The fraction of sp³-hybridized carbons (Fsp3) is 0.545. The number of nitrogens with zero attached hydrogens (tertiary/aromatic N) is 3. The van der Waals surface area contributed by atoms with Crippen LogP contribution in [0.4, 0.5) is 0 Å². The van der Waals surface area contributed by atoms with E-state index >= 15 is 0 Å². The molecule has 3 rings (SSSR count). The number of nitrogens with one attached hydrogen (secondary N) is 2. The van der Waals surface area contributed by atoms with Crippen LogP contribution >= 0.6 is 24.0 Å². The molecule has 0 spiro atoms. The normalized spacial score (nSPS) is 14.0. The first-order valence-electron chi connectivity index (χ1n) is 10.3. The molecule has 29 heavy (non-hydrogen) atoms. The molecule has 1 unspecified atom stereocenters. The highest BCUT2D eigenvalue weighted by atomic mass is 127. The Bertz CT molecular complexity index is 846. The van der Waals surface area contributed by atoms with Crippen molar-refractivity contribution in [1.82, 2.24) is 20.4 Å². The van der Waals surface area contributed by atoms with Gasteiger partial charge in [0.15, 0.2) is 5.96 Å². The van der Waals surface area contributed by atoms with E-state index in [0.29, 0.717) is 0 Å². The molecule has 1 aromatic carbocycles. The van der Waals surface area contributed by atoms with Crippen LogP contribution in [0, 0.1) is 13.8 Å². The molecule has 0 saturated heterocycles. The van der Waals surface area contributed by atoms with Gasteiger partial charge in [-0.3, -0.25) is 9.67 Å². The molecule has 1 aliphatic rings. The zero-order valence-corrected chi connectivity index (χ0v) is 20.5. The second-order valence-corrected chi connectivity index (χ2v) is 7.57. The lowest BCUT2D eigenvalue weighted by molar-refractivity contribution is 0.357. The lowest BCUT2D eigenvalue weighted by Crippen LogP contribution is -2.43. The van der Waals surface area contributed by atoms with E-state index in [9.17, 15) is 0 Å². The Hall–Kier alpha value is -1.77. The molecule has 2 heterocycles.